The second-order valence-electron chi connectivity index (χ2n) is 8.65. The van der Waals surface area contributed by atoms with Crippen molar-refractivity contribution in [2.24, 2.45) is 11.8 Å². The maximum atomic E-state index is 13.2. The van der Waals surface area contributed by atoms with Crippen molar-refractivity contribution in [1.29, 1.82) is 0 Å². The van der Waals surface area contributed by atoms with Gasteiger partial charge in [-0.05, 0) is 42.5 Å². The fraction of sp³-hybridized carbons (Fsp3) is 0.276. The van der Waals surface area contributed by atoms with Crippen LogP contribution in [0.3, 0.4) is 0 Å². The molecule has 0 radical (unpaired) electrons. The monoisotopic (exact) mass is 423 g/mol. The average molecular weight is 424 g/mol. The molecular formula is C29H29NO2. The molecule has 1 aliphatic heterocycles. The average Bonchev–Trinajstić information content (AvgIpc) is 2.81. The predicted octanol–water partition coefficient (Wildman–Crippen LogP) is 6.28. The summed E-state index contributed by atoms with van der Waals surface area (Å²) in [4.78, 5) is 15.5. The lowest BCUT2D eigenvalue weighted by Crippen LogP contribution is -2.50. The van der Waals surface area contributed by atoms with Gasteiger partial charge >= 0.3 is 5.97 Å². The van der Waals surface area contributed by atoms with Gasteiger partial charge in [0.25, 0.3) is 0 Å². The normalized spacial score (nSPS) is 23.8. The summed E-state index contributed by atoms with van der Waals surface area (Å²) in [7, 11) is 0. The number of nitrogens with zero attached hydrogens (tertiary/aromatic N) is 1. The van der Waals surface area contributed by atoms with Crippen molar-refractivity contribution in [2.75, 3.05) is 18.0 Å². The fourth-order valence-electron chi connectivity index (χ4n) is 5.45. The van der Waals surface area contributed by atoms with Crippen LogP contribution in [0.25, 0.3) is 6.08 Å². The number of fused-ring (bicyclic) bond motifs is 3. The molecule has 0 spiro atoms. The van der Waals surface area contributed by atoms with E-state index in [1.807, 2.05) is 18.2 Å². The Hall–Kier alpha value is -3.33. The maximum absolute atomic E-state index is 13.2. The number of hydrogen-bond acceptors (Lipinski definition) is 3. The summed E-state index contributed by atoms with van der Waals surface area (Å²) >= 11 is 0. The van der Waals surface area contributed by atoms with Gasteiger partial charge in [-0.1, -0.05) is 78.9 Å². The third-order valence-corrected chi connectivity index (χ3v) is 7.07. The summed E-state index contributed by atoms with van der Waals surface area (Å²) in [6, 6.07) is 27.2. The zero-order valence-electron chi connectivity index (χ0n) is 18.6. The first-order valence-electron chi connectivity index (χ1n) is 11.6. The smallest absolute Gasteiger partial charge is 0.315 e. The molecule has 0 saturated heterocycles. The van der Waals surface area contributed by atoms with Crippen LogP contribution in [-0.2, 0) is 4.79 Å². The van der Waals surface area contributed by atoms with Crippen molar-refractivity contribution in [3.8, 4) is 5.75 Å². The Kier molecular flexibility index (Phi) is 5.57. The van der Waals surface area contributed by atoms with E-state index >= 15 is 0 Å². The van der Waals surface area contributed by atoms with Gasteiger partial charge in [0.2, 0.25) is 0 Å². The number of ether oxygens (including phenoxy) is 1. The first-order chi connectivity index (χ1) is 15.7. The topological polar surface area (TPSA) is 29.5 Å². The second-order valence-corrected chi connectivity index (χ2v) is 8.65. The van der Waals surface area contributed by atoms with Crippen LogP contribution in [0.5, 0.6) is 5.75 Å². The molecule has 1 aliphatic carbocycles. The molecule has 3 heteroatoms. The molecule has 0 aromatic heterocycles. The minimum Gasteiger partial charge on any atom is -0.426 e. The van der Waals surface area contributed by atoms with E-state index < -0.39 is 0 Å². The van der Waals surface area contributed by atoms with Gasteiger partial charge in [-0.2, -0.15) is 0 Å². The molecule has 162 valence electrons. The Morgan fingerprint density at radius 2 is 1.53 bits per heavy atom. The molecule has 5 rings (SSSR count). The highest BCUT2D eigenvalue weighted by molar-refractivity contribution is 5.83. The minimum absolute atomic E-state index is 0.0996. The molecule has 1 fully saturated rings. The largest absolute Gasteiger partial charge is 0.426 e. The highest BCUT2D eigenvalue weighted by Gasteiger charge is 2.57. The molecule has 32 heavy (non-hydrogen) atoms. The number of esters is 1. The molecule has 0 unspecified atom stereocenters. The summed E-state index contributed by atoms with van der Waals surface area (Å²) in [5, 5.41) is 0. The van der Waals surface area contributed by atoms with Gasteiger partial charge in [0.1, 0.15) is 5.75 Å². The van der Waals surface area contributed by atoms with Crippen molar-refractivity contribution in [3.63, 3.8) is 0 Å². The van der Waals surface area contributed by atoms with Crippen molar-refractivity contribution in [2.45, 2.75) is 25.7 Å². The quantitative estimate of drug-likeness (QED) is 0.345. The minimum atomic E-state index is -0.144. The van der Waals surface area contributed by atoms with E-state index in [1.54, 1.807) is 0 Å². The summed E-state index contributed by atoms with van der Waals surface area (Å²) < 4.78 is 5.92. The Morgan fingerprint density at radius 1 is 0.844 bits per heavy atom. The molecule has 0 bridgehead atoms. The molecule has 0 amide bonds. The zero-order chi connectivity index (χ0) is 22.1. The first kappa shape index (κ1) is 20.6. The third kappa shape index (κ3) is 3.52. The number of hydrogen-bond donors (Lipinski definition) is 0. The van der Waals surface area contributed by atoms with Gasteiger partial charge in [-0.25, -0.2) is 0 Å². The number of carbonyl (C=O) groups is 1. The van der Waals surface area contributed by atoms with Crippen molar-refractivity contribution in [3.05, 3.63) is 102 Å². The standard InChI is InChI=1S/C29H29NO2/c1-3-30(4-2)22-16-18-23-25(19-22)32-29(31)28-26(21-13-9-6-10-14-21)24(27(23)28)17-15-20-11-7-5-8-12-20/h5-19,24,26-28H,3-4H2,1-2H3/b17-15+/t24-,26+,27+,28+/m1/s1. The number of benzene rings is 3. The molecule has 3 nitrogen and oxygen atoms in total. The van der Waals surface area contributed by atoms with Crippen molar-refractivity contribution >= 4 is 17.7 Å². The van der Waals surface area contributed by atoms with Crippen LogP contribution in [0.1, 0.15) is 42.4 Å². The van der Waals surface area contributed by atoms with E-state index in [0.29, 0.717) is 0 Å². The number of allylic oxidation sites excluding steroid dienone is 1. The van der Waals surface area contributed by atoms with Crippen LogP contribution < -0.4 is 9.64 Å². The summed E-state index contributed by atoms with van der Waals surface area (Å²) in [6.45, 7) is 6.14. The van der Waals surface area contributed by atoms with Gasteiger partial charge < -0.3 is 9.64 Å². The lowest BCUT2D eigenvalue weighted by atomic mass is 9.51. The van der Waals surface area contributed by atoms with Crippen LogP contribution in [0.2, 0.25) is 0 Å². The lowest BCUT2D eigenvalue weighted by Gasteiger charge is -2.52. The van der Waals surface area contributed by atoms with Crippen LogP contribution >= 0.6 is 0 Å². The van der Waals surface area contributed by atoms with E-state index in [9.17, 15) is 4.79 Å². The van der Waals surface area contributed by atoms with E-state index in [1.165, 1.54) is 11.1 Å². The summed E-state index contributed by atoms with van der Waals surface area (Å²) in [6.07, 6.45) is 4.50. The van der Waals surface area contributed by atoms with Crippen molar-refractivity contribution in [1.82, 2.24) is 0 Å². The Balaban J connectivity index is 1.54. The highest BCUT2D eigenvalue weighted by atomic mass is 16.5. The molecule has 3 aromatic carbocycles. The van der Waals surface area contributed by atoms with Crippen LogP contribution in [0.4, 0.5) is 5.69 Å². The molecular weight excluding hydrogens is 394 g/mol. The molecule has 4 atom stereocenters. The molecule has 3 aromatic rings. The predicted molar refractivity (Wildman–Crippen MR) is 130 cm³/mol. The highest BCUT2D eigenvalue weighted by Crippen LogP contribution is 2.62. The van der Waals surface area contributed by atoms with E-state index in [0.717, 1.165) is 30.1 Å². The SMILES string of the molecule is CCN(CC)c1ccc2c(c1)OC(=O)[C@H]1[C@@H](c3ccccc3)[C@@H](/C=C/c3ccccc3)[C@H]21. The van der Waals surface area contributed by atoms with Crippen LogP contribution in [0, 0.1) is 11.8 Å². The number of rotatable bonds is 6. The summed E-state index contributed by atoms with van der Waals surface area (Å²) in [5.74, 6) is 0.997. The first-order valence-corrected chi connectivity index (χ1v) is 11.6. The Labute approximate surface area is 190 Å². The second kappa shape index (κ2) is 8.66. The Bertz CT molecular complexity index is 1120. The van der Waals surface area contributed by atoms with Gasteiger partial charge in [0.15, 0.2) is 0 Å². The van der Waals surface area contributed by atoms with E-state index in [2.05, 4.69) is 91.6 Å². The van der Waals surface area contributed by atoms with Crippen LogP contribution in [0.15, 0.2) is 84.9 Å². The van der Waals surface area contributed by atoms with E-state index in [-0.39, 0.29) is 29.6 Å². The van der Waals surface area contributed by atoms with Crippen LogP contribution in [-0.4, -0.2) is 19.1 Å². The summed E-state index contributed by atoms with van der Waals surface area (Å²) in [5.41, 5.74) is 4.64. The number of anilines is 1. The van der Waals surface area contributed by atoms with Gasteiger partial charge in [0.05, 0.1) is 5.92 Å². The zero-order valence-corrected chi connectivity index (χ0v) is 18.6. The maximum Gasteiger partial charge on any atom is 0.315 e. The van der Waals surface area contributed by atoms with Gasteiger partial charge in [-0.15, -0.1) is 0 Å². The van der Waals surface area contributed by atoms with Gasteiger partial charge in [0, 0.05) is 36.7 Å². The van der Waals surface area contributed by atoms with Crippen molar-refractivity contribution < 1.29 is 9.53 Å². The van der Waals surface area contributed by atoms with E-state index in [4.69, 9.17) is 4.74 Å². The van der Waals surface area contributed by atoms with Gasteiger partial charge in [-0.3, -0.25) is 4.79 Å². The number of carbonyl (C=O) groups excluding carboxylic acids is 1. The third-order valence-electron chi connectivity index (χ3n) is 7.07. The molecule has 1 saturated carbocycles. The fourth-order valence-corrected chi connectivity index (χ4v) is 5.45. The molecule has 0 N–H and O–H groups in total. The Morgan fingerprint density at radius 3 is 2.22 bits per heavy atom. The lowest BCUT2D eigenvalue weighted by molar-refractivity contribution is -0.148. The molecule has 1 heterocycles. The molecule has 2 aliphatic rings.